The molecule has 0 fully saturated rings. The van der Waals surface area contributed by atoms with Gasteiger partial charge in [-0.25, -0.2) is 23.1 Å². The third-order valence-corrected chi connectivity index (χ3v) is 5.64. The molecule has 1 heterocycles. The Morgan fingerprint density at radius 3 is 2.19 bits per heavy atom. The van der Waals surface area contributed by atoms with E-state index in [4.69, 9.17) is 12.2 Å². The zero-order chi connectivity index (χ0) is 22.4. The first-order valence-electron chi connectivity index (χ1n) is 9.31. The van der Waals surface area contributed by atoms with Crippen LogP contribution >= 0.6 is 12.2 Å². The summed E-state index contributed by atoms with van der Waals surface area (Å²) in [6, 6.07) is 17.0. The van der Waals surface area contributed by atoms with Gasteiger partial charge in [-0.15, -0.1) is 0 Å². The minimum Gasteiger partial charge on any atom is -0.332 e. The number of hydrogen-bond acceptors (Lipinski definition) is 6. The fourth-order valence-electron chi connectivity index (χ4n) is 2.78. The van der Waals surface area contributed by atoms with E-state index in [9.17, 15) is 13.2 Å². The van der Waals surface area contributed by atoms with Gasteiger partial charge in [-0.05, 0) is 62.0 Å². The molecule has 0 radical (unpaired) electrons. The zero-order valence-electron chi connectivity index (χ0n) is 16.9. The monoisotopic (exact) mass is 455 g/mol. The second-order valence-electron chi connectivity index (χ2n) is 6.77. The molecule has 0 spiro atoms. The van der Waals surface area contributed by atoms with Gasteiger partial charge in [0.15, 0.2) is 5.11 Å². The van der Waals surface area contributed by atoms with Gasteiger partial charge in [-0.2, -0.15) is 0 Å². The number of nitrogens with zero attached hydrogens (tertiary/aromatic N) is 2. The number of hydrogen-bond donors (Lipinski definition) is 3. The molecule has 1 amide bonds. The van der Waals surface area contributed by atoms with E-state index in [0.29, 0.717) is 17.1 Å². The molecule has 0 atom stereocenters. The molecule has 0 aliphatic heterocycles. The predicted octanol–water partition coefficient (Wildman–Crippen LogP) is 2.95. The summed E-state index contributed by atoms with van der Waals surface area (Å²) < 4.78 is 27.5. The quantitative estimate of drug-likeness (QED) is 0.490. The Kier molecular flexibility index (Phi) is 6.93. The van der Waals surface area contributed by atoms with E-state index in [0.717, 1.165) is 5.56 Å². The lowest BCUT2D eigenvalue weighted by Gasteiger charge is -2.11. The van der Waals surface area contributed by atoms with E-state index in [1.54, 1.807) is 32.0 Å². The molecule has 0 aliphatic carbocycles. The van der Waals surface area contributed by atoms with Crippen molar-refractivity contribution in [2.75, 3.05) is 10.0 Å². The van der Waals surface area contributed by atoms with Crippen molar-refractivity contribution in [1.29, 1.82) is 0 Å². The van der Waals surface area contributed by atoms with E-state index in [1.807, 2.05) is 30.3 Å². The summed E-state index contributed by atoms with van der Waals surface area (Å²) in [5.41, 5.74) is 2.73. The normalized spacial score (nSPS) is 10.9. The van der Waals surface area contributed by atoms with Gasteiger partial charge in [-0.3, -0.25) is 4.79 Å². The van der Waals surface area contributed by atoms with E-state index in [-0.39, 0.29) is 28.3 Å². The average molecular weight is 456 g/mol. The second kappa shape index (κ2) is 9.63. The standard InChI is InChI=1S/C21H21N5O3S2/c1-14-12-15(2)23-20(22-14)26-31(28,29)18-10-8-17(9-11-18)24-21(30)25-19(27)13-16-6-4-3-5-7-16/h3-12H,13H2,1-2H3,(H,22,23,26)(H2,24,25,27,30). The van der Waals surface area contributed by atoms with E-state index in [2.05, 4.69) is 25.3 Å². The lowest BCUT2D eigenvalue weighted by Crippen LogP contribution is -2.35. The molecule has 1 aromatic heterocycles. The molecule has 0 bridgehead atoms. The molecule has 3 aromatic rings. The first-order valence-corrected chi connectivity index (χ1v) is 11.2. The highest BCUT2D eigenvalue weighted by Crippen LogP contribution is 2.17. The minimum atomic E-state index is -3.85. The van der Waals surface area contributed by atoms with Crippen LogP contribution in [0, 0.1) is 13.8 Å². The summed E-state index contributed by atoms with van der Waals surface area (Å²) >= 11 is 5.16. The van der Waals surface area contributed by atoms with E-state index < -0.39 is 10.0 Å². The summed E-state index contributed by atoms with van der Waals surface area (Å²) in [5.74, 6) is -0.234. The number of anilines is 2. The highest BCUT2D eigenvalue weighted by molar-refractivity contribution is 7.92. The van der Waals surface area contributed by atoms with Crippen molar-refractivity contribution in [3.05, 3.63) is 77.6 Å². The molecule has 31 heavy (non-hydrogen) atoms. The van der Waals surface area contributed by atoms with Crippen LogP contribution in [-0.4, -0.2) is 29.4 Å². The molecule has 3 rings (SSSR count). The molecule has 0 saturated heterocycles. The Labute approximate surface area is 186 Å². The SMILES string of the molecule is Cc1cc(C)nc(NS(=O)(=O)c2ccc(NC(=S)NC(=O)Cc3ccccc3)cc2)n1. The third-order valence-electron chi connectivity index (χ3n) is 4.09. The summed E-state index contributed by atoms with van der Waals surface area (Å²) in [4.78, 5) is 20.3. The Morgan fingerprint density at radius 2 is 1.58 bits per heavy atom. The summed E-state index contributed by atoms with van der Waals surface area (Å²) in [6.07, 6.45) is 0.200. The van der Waals surface area contributed by atoms with Crippen LogP contribution in [0.15, 0.2) is 65.6 Å². The van der Waals surface area contributed by atoms with Crippen molar-refractivity contribution in [1.82, 2.24) is 15.3 Å². The van der Waals surface area contributed by atoms with Crippen molar-refractivity contribution < 1.29 is 13.2 Å². The fraction of sp³-hybridized carbons (Fsp3) is 0.143. The second-order valence-corrected chi connectivity index (χ2v) is 8.86. The van der Waals surface area contributed by atoms with Crippen LogP contribution in [0.1, 0.15) is 17.0 Å². The number of amides is 1. The highest BCUT2D eigenvalue weighted by Gasteiger charge is 2.16. The molecule has 0 saturated carbocycles. The Bertz CT molecular complexity index is 1180. The van der Waals surface area contributed by atoms with Gasteiger partial charge in [0.05, 0.1) is 11.3 Å². The van der Waals surface area contributed by atoms with Gasteiger partial charge in [0.1, 0.15) is 0 Å². The predicted molar refractivity (Wildman–Crippen MR) is 123 cm³/mol. The van der Waals surface area contributed by atoms with Crippen molar-refractivity contribution >= 4 is 44.9 Å². The van der Waals surface area contributed by atoms with E-state index in [1.165, 1.54) is 12.1 Å². The lowest BCUT2D eigenvalue weighted by molar-refractivity contribution is -0.119. The van der Waals surface area contributed by atoms with Crippen molar-refractivity contribution in [3.63, 3.8) is 0 Å². The Hall–Kier alpha value is -3.37. The molecule has 160 valence electrons. The Morgan fingerprint density at radius 1 is 0.968 bits per heavy atom. The lowest BCUT2D eigenvalue weighted by atomic mass is 10.1. The number of aryl methyl sites for hydroxylation is 2. The molecule has 8 nitrogen and oxygen atoms in total. The molecule has 3 N–H and O–H groups in total. The number of carbonyl (C=O) groups excluding carboxylic acids is 1. The van der Waals surface area contributed by atoms with Gasteiger partial charge >= 0.3 is 0 Å². The number of benzene rings is 2. The molecule has 2 aromatic carbocycles. The van der Waals surface area contributed by atoms with Gasteiger partial charge in [0.25, 0.3) is 10.0 Å². The van der Waals surface area contributed by atoms with Crippen LogP contribution in [0.25, 0.3) is 0 Å². The molecule has 0 aliphatic rings. The third kappa shape index (κ3) is 6.56. The molecular weight excluding hydrogens is 434 g/mol. The maximum absolute atomic E-state index is 12.6. The number of carbonyl (C=O) groups is 1. The van der Waals surface area contributed by atoms with Gasteiger partial charge in [-0.1, -0.05) is 30.3 Å². The number of aromatic nitrogens is 2. The number of thiocarbonyl (C=S) groups is 1. The fourth-order valence-corrected chi connectivity index (χ4v) is 3.96. The van der Waals surface area contributed by atoms with E-state index >= 15 is 0 Å². The smallest absolute Gasteiger partial charge is 0.264 e. The average Bonchev–Trinajstić information content (AvgIpc) is 2.67. The zero-order valence-corrected chi connectivity index (χ0v) is 18.5. The van der Waals surface area contributed by atoms with Gasteiger partial charge in [0, 0.05) is 17.1 Å². The van der Waals surface area contributed by atoms with Crippen LogP contribution < -0.4 is 15.4 Å². The van der Waals surface area contributed by atoms with Crippen LogP contribution in [0.3, 0.4) is 0 Å². The number of nitrogens with one attached hydrogen (secondary N) is 3. The number of sulfonamides is 1. The van der Waals surface area contributed by atoms with Gasteiger partial charge in [0.2, 0.25) is 11.9 Å². The number of rotatable bonds is 6. The maximum Gasteiger partial charge on any atom is 0.264 e. The van der Waals surface area contributed by atoms with Crippen molar-refractivity contribution in [3.8, 4) is 0 Å². The van der Waals surface area contributed by atoms with Crippen LogP contribution in [0.5, 0.6) is 0 Å². The van der Waals surface area contributed by atoms with Crippen LogP contribution in [-0.2, 0) is 21.2 Å². The maximum atomic E-state index is 12.6. The van der Waals surface area contributed by atoms with Crippen molar-refractivity contribution in [2.45, 2.75) is 25.2 Å². The van der Waals surface area contributed by atoms with Gasteiger partial charge < -0.3 is 10.6 Å². The topological polar surface area (TPSA) is 113 Å². The molecule has 10 heteroatoms. The van der Waals surface area contributed by atoms with Crippen molar-refractivity contribution in [2.24, 2.45) is 0 Å². The summed E-state index contributed by atoms with van der Waals surface area (Å²) in [5, 5.41) is 5.58. The Balaban J connectivity index is 1.60. The minimum absolute atomic E-state index is 0.0157. The largest absolute Gasteiger partial charge is 0.332 e. The summed E-state index contributed by atoms with van der Waals surface area (Å²) in [6.45, 7) is 3.52. The first kappa shape index (κ1) is 22.3. The van der Waals surface area contributed by atoms with Crippen LogP contribution in [0.2, 0.25) is 0 Å². The summed E-state index contributed by atoms with van der Waals surface area (Å²) in [7, 11) is -3.85. The molecular formula is C21H21N5O3S2. The molecule has 0 unspecified atom stereocenters. The first-order chi connectivity index (χ1) is 14.7. The van der Waals surface area contributed by atoms with Crippen LogP contribution in [0.4, 0.5) is 11.6 Å². The highest BCUT2D eigenvalue weighted by atomic mass is 32.2.